The summed E-state index contributed by atoms with van der Waals surface area (Å²) >= 11 is 0. The fourth-order valence-electron chi connectivity index (χ4n) is 1.62. The quantitative estimate of drug-likeness (QED) is 0.533. The summed E-state index contributed by atoms with van der Waals surface area (Å²) in [6, 6.07) is 0. The molecule has 0 radical (unpaired) electrons. The molecule has 66 valence electrons. The van der Waals surface area contributed by atoms with E-state index in [0.717, 1.165) is 0 Å². The number of hydrogen-bond donors (Lipinski definition) is 0. The van der Waals surface area contributed by atoms with Crippen molar-refractivity contribution >= 4 is 0 Å². The molecule has 0 aliphatic rings. The van der Waals surface area contributed by atoms with Crippen molar-refractivity contribution in [2.24, 2.45) is 5.41 Å². The fourth-order valence-corrected chi connectivity index (χ4v) is 1.62. The van der Waals surface area contributed by atoms with Crippen LogP contribution in [0.3, 0.4) is 0 Å². The Kier molecular flexibility index (Phi) is 4.48. The first-order valence-electron chi connectivity index (χ1n) is 4.63. The van der Waals surface area contributed by atoms with E-state index >= 15 is 0 Å². The van der Waals surface area contributed by atoms with Crippen LogP contribution < -0.4 is 0 Å². The van der Waals surface area contributed by atoms with Crippen molar-refractivity contribution in [1.29, 1.82) is 0 Å². The molecule has 0 unspecified atom stereocenters. The van der Waals surface area contributed by atoms with Gasteiger partial charge in [0.15, 0.2) is 0 Å². The van der Waals surface area contributed by atoms with Crippen LogP contribution in [0, 0.1) is 5.41 Å². The van der Waals surface area contributed by atoms with Crippen LogP contribution in [0.4, 0.5) is 0 Å². The smallest absolute Gasteiger partial charge is 0.0272 e. The lowest BCUT2D eigenvalue weighted by Crippen LogP contribution is -2.10. The standard InChI is InChI=1S/C11H22/c1-6-8-11(4,5)9-10(3)7-2/h7H,6,8-9H2,1-5H3. The maximum atomic E-state index is 2.35. The third-order valence-electron chi connectivity index (χ3n) is 2.18. The van der Waals surface area contributed by atoms with Gasteiger partial charge in [0, 0.05) is 0 Å². The minimum absolute atomic E-state index is 0.505. The molecule has 0 fully saturated rings. The van der Waals surface area contributed by atoms with Gasteiger partial charge in [-0.2, -0.15) is 0 Å². The van der Waals surface area contributed by atoms with Gasteiger partial charge in [-0.15, -0.1) is 0 Å². The van der Waals surface area contributed by atoms with Crippen LogP contribution in [0.5, 0.6) is 0 Å². The Hall–Kier alpha value is -0.260. The third kappa shape index (κ3) is 5.06. The zero-order chi connectivity index (χ0) is 8.91. The minimum Gasteiger partial charge on any atom is -0.0887 e. The lowest BCUT2D eigenvalue weighted by molar-refractivity contribution is 0.328. The molecule has 0 N–H and O–H groups in total. The highest BCUT2D eigenvalue weighted by atomic mass is 14.2. The van der Waals surface area contributed by atoms with Crippen LogP contribution in [0.1, 0.15) is 53.9 Å². The van der Waals surface area contributed by atoms with Crippen LogP contribution in [-0.2, 0) is 0 Å². The number of allylic oxidation sites excluding steroid dienone is 2. The van der Waals surface area contributed by atoms with Crippen LogP contribution in [0.15, 0.2) is 11.6 Å². The van der Waals surface area contributed by atoms with Crippen molar-refractivity contribution in [3.8, 4) is 0 Å². The van der Waals surface area contributed by atoms with Gasteiger partial charge >= 0.3 is 0 Å². The second-order valence-electron chi connectivity index (χ2n) is 4.23. The maximum Gasteiger partial charge on any atom is -0.0272 e. The molecule has 0 rings (SSSR count). The summed E-state index contributed by atoms with van der Waals surface area (Å²) in [5.41, 5.74) is 2.02. The molecule has 0 heterocycles. The van der Waals surface area contributed by atoms with Gasteiger partial charge in [0.2, 0.25) is 0 Å². The first-order chi connectivity index (χ1) is 5.02. The highest BCUT2D eigenvalue weighted by Gasteiger charge is 2.16. The summed E-state index contributed by atoms with van der Waals surface area (Å²) in [5.74, 6) is 0. The Morgan fingerprint density at radius 2 is 1.91 bits per heavy atom. The Bertz CT molecular complexity index is 129. The lowest BCUT2D eigenvalue weighted by atomic mass is 9.82. The second kappa shape index (κ2) is 4.58. The maximum absolute atomic E-state index is 2.35. The van der Waals surface area contributed by atoms with Gasteiger partial charge in [0.1, 0.15) is 0 Å². The van der Waals surface area contributed by atoms with E-state index in [-0.39, 0.29) is 0 Å². The van der Waals surface area contributed by atoms with Crippen molar-refractivity contribution in [2.45, 2.75) is 53.9 Å². The predicted molar refractivity (Wildman–Crippen MR) is 52.7 cm³/mol. The highest BCUT2D eigenvalue weighted by Crippen LogP contribution is 2.29. The van der Waals surface area contributed by atoms with Crippen LogP contribution in [0.2, 0.25) is 0 Å². The molecule has 11 heavy (non-hydrogen) atoms. The predicted octanol–water partition coefficient (Wildman–Crippen LogP) is 4.17. The molecule has 0 atom stereocenters. The van der Waals surface area contributed by atoms with Crippen molar-refractivity contribution < 1.29 is 0 Å². The molecule has 0 bridgehead atoms. The van der Waals surface area contributed by atoms with Crippen molar-refractivity contribution in [2.75, 3.05) is 0 Å². The third-order valence-corrected chi connectivity index (χ3v) is 2.18. The Morgan fingerprint density at radius 3 is 2.27 bits per heavy atom. The number of hydrogen-bond acceptors (Lipinski definition) is 0. The Balaban J connectivity index is 3.90. The normalized spacial score (nSPS) is 13.7. The topological polar surface area (TPSA) is 0 Å². The summed E-state index contributed by atoms with van der Waals surface area (Å²) in [5, 5.41) is 0. The van der Waals surface area contributed by atoms with E-state index in [0.29, 0.717) is 5.41 Å². The summed E-state index contributed by atoms with van der Waals surface area (Å²) < 4.78 is 0. The summed E-state index contributed by atoms with van der Waals surface area (Å²) in [6.07, 6.45) is 6.09. The zero-order valence-corrected chi connectivity index (χ0v) is 8.70. The Labute approximate surface area is 71.7 Å². The molecule has 0 saturated carbocycles. The van der Waals surface area contributed by atoms with Gasteiger partial charge in [-0.25, -0.2) is 0 Å². The second-order valence-corrected chi connectivity index (χ2v) is 4.23. The number of rotatable bonds is 4. The van der Waals surface area contributed by atoms with E-state index in [1.165, 1.54) is 24.8 Å². The van der Waals surface area contributed by atoms with E-state index in [1.54, 1.807) is 0 Å². The van der Waals surface area contributed by atoms with Gasteiger partial charge in [0.05, 0.1) is 0 Å². The average molecular weight is 154 g/mol. The summed E-state index contributed by atoms with van der Waals surface area (Å²) in [6.45, 7) is 11.3. The minimum atomic E-state index is 0.505. The molecule has 0 aromatic heterocycles. The molecule has 0 nitrogen and oxygen atoms in total. The van der Waals surface area contributed by atoms with E-state index in [2.05, 4.69) is 40.7 Å². The van der Waals surface area contributed by atoms with E-state index in [9.17, 15) is 0 Å². The molecule has 0 amide bonds. The van der Waals surface area contributed by atoms with E-state index in [1.807, 2.05) is 0 Å². The summed E-state index contributed by atoms with van der Waals surface area (Å²) in [7, 11) is 0. The van der Waals surface area contributed by atoms with E-state index < -0.39 is 0 Å². The van der Waals surface area contributed by atoms with Gasteiger partial charge in [-0.1, -0.05) is 38.8 Å². The lowest BCUT2D eigenvalue weighted by Gasteiger charge is -2.24. The van der Waals surface area contributed by atoms with Crippen LogP contribution in [-0.4, -0.2) is 0 Å². The molecular formula is C11H22. The molecule has 0 aliphatic carbocycles. The molecule has 0 aliphatic heterocycles. The average Bonchev–Trinajstić information content (AvgIpc) is 1.86. The van der Waals surface area contributed by atoms with Crippen molar-refractivity contribution in [3.63, 3.8) is 0 Å². The van der Waals surface area contributed by atoms with E-state index in [4.69, 9.17) is 0 Å². The van der Waals surface area contributed by atoms with Gasteiger partial charge in [-0.05, 0) is 32.1 Å². The summed E-state index contributed by atoms with van der Waals surface area (Å²) in [4.78, 5) is 0. The van der Waals surface area contributed by atoms with Gasteiger partial charge < -0.3 is 0 Å². The fraction of sp³-hybridized carbons (Fsp3) is 0.818. The molecule has 0 aromatic rings. The van der Waals surface area contributed by atoms with Crippen LogP contribution >= 0.6 is 0 Å². The van der Waals surface area contributed by atoms with Crippen molar-refractivity contribution in [3.05, 3.63) is 11.6 Å². The first kappa shape index (κ1) is 10.7. The molecule has 0 saturated heterocycles. The monoisotopic (exact) mass is 154 g/mol. The molecular weight excluding hydrogens is 132 g/mol. The Morgan fingerprint density at radius 1 is 1.36 bits per heavy atom. The highest BCUT2D eigenvalue weighted by molar-refractivity contribution is 4.99. The SMILES string of the molecule is CC=C(C)CC(C)(C)CCC. The molecule has 0 spiro atoms. The van der Waals surface area contributed by atoms with Crippen LogP contribution in [0.25, 0.3) is 0 Å². The molecule has 0 heteroatoms. The van der Waals surface area contributed by atoms with Gasteiger partial charge in [0.25, 0.3) is 0 Å². The largest absolute Gasteiger partial charge is 0.0887 e. The van der Waals surface area contributed by atoms with Gasteiger partial charge in [-0.3, -0.25) is 0 Å². The zero-order valence-electron chi connectivity index (χ0n) is 8.70. The van der Waals surface area contributed by atoms with Crippen molar-refractivity contribution in [1.82, 2.24) is 0 Å². The molecule has 0 aromatic carbocycles. The first-order valence-corrected chi connectivity index (χ1v) is 4.63.